The maximum atomic E-state index is 13.7. The quantitative estimate of drug-likeness (QED) is 0.410. The molecule has 1 heterocycles. The van der Waals surface area contributed by atoms with Crippen LogP contribution in [-0.2, 0) is 11.9 Å². The number of fused-ring (bicyclic) bond motifs is 1. The molecule has 2 nitrogen and oxygen atoms in total. The average molecular weight is 470 g/mol. The van der Waals surface area contributed by atoms with Crippen LogP contribution in [0.1, 0.15) is 37.9 Å². The topological polar surface area (TPSA) is 29.1 Å². The molecule has 0 aromatic heterocycles. The zero-order valence-electron chi connectivity index (χ0n) is 15.6. The summed E-state index contributed by atoms with van der Waals surface area (Å²) in [6, 6.07) is 10.9. The van der Waals surface area contributed by atoms with Gasteiger partial charge in [0.2, 0.25) is 0 Å². The molecule has 1 aliphatic heterocycles. The van der Waals surface area contributed by atoms with Gasteiger partial charge in [-0.2, -0.15) is 13.2 Å². The van der Waals surface area contributed by atoms with Gasteiger partial charge in [0.1, 0.15) is 11.6 Å². The molecule has 160 valence electrons. The second-order valence-corrected chi connectivity index (χ2v) is 8.41. The van der Waals surface area contributed by atoms with Crippen LogP contribution >= 0.6 is 23.4 Å². The fraction of sp³-hybridized carbons (Fsp3) is 0.136. The van der Waals surface area contributed by atoms with Crippen LogP contribution in [0.3, 0.4) is 0 Å². The van der Waals surface area contributed by atoms with Crippen molar-refractivity contribution in [3.63, 3.8) is 0 Å². The van der Waals surface area contributed by atoms with Crippen LogP contribution in [0.2, 0.25) is 5.02 Å². The number of hydrogen-bond donors (Lipinski definition) is 1. The highest BCUT2D eigenvalue weighted by Gasteiger charge is 2.32. The van der Waals surface area contributed by atoms with Crippen LogP contribution in [-0.4, -0.2) is 5.91 Å². The minimum absolute atomic E-state index is 0.263. The minimum atomic E-state index is -4.78. The Kier molecular flexibility index (Phi) is 5.70. The fourth-order valence-corrected chi connectivity index (χ4v) is 5.16. The van der Waals surface area contributed by atoms with Gasteiger partial charge in [-0.05, 0) is 59.2 Å². The molecule has 0 radical (unpaired) electrons. The fourth-order valence-electron chi connectivity index (χ4n) is 3.44. The van der Waals surface area contributed by atoms with Crippen LogP contribution < -0.4 is 5.32 Å². The van der Waals surface area contributed by atoms with Gasteiger partial charge >= 0.3 is 6.18 Å². The van der Waals surface area contributed by atoms with Gasteiger partial charge in [-0.1, -0.05) is 23.7 Å². The predicted molar refractivity (Wildman–Crippen MR) is 110 cm³/mol. The maximum absolute atomic E-state index is 13.7. The number of alkyl halides is 3. The molecule has 1 amide bonds. The number of halogens is 6. The van der Waals surface area contributed by atoms with Gasteiger partial charge in [-0.25, -0.2) is 8.78 Å². The molecule has 0 saturated carbocycles. The Morgan fingerprint density at radius 1 is 1.00 bits per heavy atom. The third-order valence-electron chi connectivity index (χ3n) is 4.87. The van der Waals surface area contributed by atoms with E-state index in [1.54, 1.807) is 12.1 Å². The molecule has 1 atom stereocenters. The lowest BCUT2D eigenvalue weighted by molar-refractivity contribution is -0.137. The van der Waals surface area contributed by atoms with E-state index in [0.29, 0.717) is 34.2 Å². The molecule has 31 heavy (non-hydrogen) atoms. The number of rotatable bonds is 3. The molecule has 3 aromatic rings. The predicted octanol–water partition coefficient (Wildman–Crippen LogP) is 7.23. The van der Waals surface area contributed by atoms with E-state index < -0.39 is 34.8 Å². The van der Waals surface area contributed by atoms with E-state index in [-0.39, 0.29) is 5.25 Å². The highest BCUT2D eigenvalue weighted by atomic mass is 35.5. The molecule has 0 spiro atoms. The van der Waals surface area contributed by atoms with E-state index in [4.69, 9.17) is 11.6 Å². The summed E-state index contributed by atoms with van der Waals surface area (Å²) >= 11 is 7.72. The van der Waals surface area contributed by atoms with Gasteiger partial charge in [-0.3, -0.25) is 4.79 Å². The first kappa shape index (κ1) is 21.6. The van der Waals surface area contributed by atoms with E-state index in [1.165, 1.54) is 30.0 Å². The van der Waals surface area contributed by atoms with Crippen molar-refractivity contribution < 1.29 is 26.7 Å². The largest absolute Gasteiger partial charge is 0.416 e. The summed E-state index contributed by atoms with van der Waals surface area (Å²) in [5.74, 6) is -1.98. The lowest BCUT2D eigenvalue weighted by Gasteiger charge is -2.15. The number of benzene rings is 3. The summed E-state index contributed by atoms with van der Waals surface area (Å²) in [5, 5.41) is 2.71. The SMILES string of the molecule is O=C(Nc1cccc2c1CSC2c1cc(F)ccc1Cl)c1cc(F)cc(C(F)(F)F)c1. The van der Waals surface area contributed by atoms with Gasteiger partial charge in [-0.15, -0.1) is 11.8 Å². The Labute approximate surface area is 183 Å². The van der Waals surface area contributed by atoms with E-state index >= 15 is 0 Å². The average Bonchev–Trinajstić information content (AvgIpc) is 3.13. The molecule has 0 fully saturated rings. The summed E-state index contributed by atoms with van der Waals surface area (Å²) in [6.07, 6.45) is -4.78. The standard InChI is InChI=1S/C22H13ClF5NOS/c23-18-5-4-13(24)9-16(18)20-15-2-1-3-19(17(15)10-31-20)29-21(30)11-6-12(22(26,27)28)8-14(25)7-11/h1-9,20H,10H2,(H,29,30). The molecule has 1 aliphatic rings. The lowest BCUT2D eigenvalue weighted by atomic mass is 9.98. The normalized spacial score (nSPS) is 15.6. The maximum Gasteiger partial charge on any atom is 0.416 e. The number of amides is 1. The second-order valence-electron chi connectivity index (χ2n) is 6.91. The van der Waals surface area contributed by atoms with Crippen molar-refractivity contribution in [1.82, 2.24) is 0 Å². The number of carbonyl (C=O) groups excluding carboxylic acids is 1. The molecule has 0 aliphatic carbocycles. The molecule has 3 aromatic carbocycles. The highest BCUT2D eigenvalue weighted by molar-refractivity contribution is 7.99. The van der Waals surface area contributed by atoms with E-state index in [1.807, 2.05) is 6.07 Å². The Hall–Kier alpha value is -2.58. The molecule has 1 N–H and O–H groups in total. The van der Waals surface area contributed by atoms with Crippen molar-refractivity contribution >= 4 is 35.0 Å². The summed E-state index contributed by atoms with van der Waals surface area (Å²) < 4.78 is 66.2. The molecule has 0 saturated heterocycles. The van der Waals surface area contributed by atoms with Gasteiger partial charge in [0.05, 0.1) is 10.8 Å². The molecule has 0 bridgehead atoms. The van der Waals surface area contributed by atoms with Crippen molar-refractivity contribution in [3.8, 4) is 0 Å². The van der Waals surface area contributed by atoms with E-state index in [0.717, 1.165) is 17.2 Å². The molecule has 9 heteroatoms. The molecule has 4 rings (SSSR count). The summed E-state index contributed by atoms with van der Waals surface area (Å²) in [6.45, 7) is 0. The van der Waals surface area contributed by atoms with Crippen molar-refractivity contribution in [1.29, 1.82) is 0 Å². The number of nitrogens with one attached hydrogen (secondary N) is 1. The summed E-state index contributed by atoms with van der Waals surface area (Å²) in [5.41, 5.74) is 0.855. The summed E-state index contributed by atoms with van der Waals surface area (Å²) in [4.78, 5) is 12.6. The third kappa shape index (κ3) is 4.41. The molecule has 1 unspecified atom stereocenters. The van der Waals surface area contributed by atoms with Crippen LogP contribution in [0.4, 0.5) is 27.6 Å². The van der Waals surface area contributed by atoms with Crippen molar-refractivity contribution in [2.24, 2.45) is 0 Å². The zero-order valence-corrected chi connectivity index (χ0v) is 17.1. The summed E-state index contributed by atoms with van der Waals surface area (Å²) in [7, 11) is 0. The van der Waals surface area contributed by atoms with Gasteiger partial charge in [0, 0.05) is 22.0 Å². The smallest absolute Gasteiger partial charge is 0.322 e. The lowest BCUT2D eigenvalue weighted by Crippen LogP contribution is -2.15. The second kappa shape index (κ2) is 8.16. The number of hydrogen-bond acceptors (Lipinski definition) is 2. The molecular weight excluding hydrogens is 457 g/mol. The number of thioether (sulfide) groups is 1. The van der Waals surface area contributed by atoms with Crippen LogP contribution in [0.5, 0.6) is 0 Å². The van der Waals surface area contributed by atoms with Gasteiger partial charge in [0.15, 0.2) is 0 Å². The van der Waals surface area contributed by atoms with Crippen molar-refractivity contribution in [3.05, 3.63) is 99.1 Å². The first-order valence-corrected chi connectivity index (χ1v) is 10.4. The zero-order chi connectivity index (χ0) is 22.3. The Bertz CT molecular complexity index is 1180. The van der Waals surface area contributed by atoms with E-state index in [9.17, 15) is 26.7 Å². The number of carbonyl (C=O) groups is 1. The Morgan fingerprint density at radius 2 is 1.77 bits per heavy atom. The highest BCUT2D eigenvalue weighted by Crippen LogP contribution is 2.50. The molecular formula is C22H13ClF5NOS. The van der Waals surface area contributed by atoms with Gasteiger partial charge < -0.3 is 5.32 Å². The Morgan fingerprint density at radius 3 is 2.52 bits per heavy atom. The Balaban J connectivity index is 1.65. The monoisotopic (exact) mass is 469 g/mol. The third-order valence-corrected chi connectivity index (χ3v) is 6.51. The van der Waals surface area contributed by atoms with Crippen LogP contribution in [0.25, 0.3) is 0 Å². The first-order chi connectivity index (χ1) is 14.6. The first-order valence-electron chi connectivity index (χ1n) is 9.01. The van der Waals surface area contributed by atoms with Crippen molar-refractivity contribution in [2.45, 2.75) is 17.2 Å². The van der Waals surface area contributed by atoms with E-state index in [2.05, 4.69) is 5.32 Å². The minimum Gasteiger partial charge on any atom is -0.322 e. The van der Waals surface area contributed by atoms with Crippen molar-refractivity contribution in [2.75, 3.05) is 5.32 Å². The number of anilines is 1. The van der Waals surface area contributed by atoms with Crippen LogP contribution in [0.15, 0.2) is 54.6 Å². The van der Waals surface area contributed by atoms with Gasteiger partial charge in [0.25, 0.3) is 5.91 Å². The van der Waals surface area contributed by atoms with Crippen LogP contribution in [0, 0.1) is 11.6 Å².